The molecule has 1 fully saturated rings. The average Bonchev–Trinajstić information content (AvgIpc) is 2.84. The lowest BCUT2D eigenvalue weighted by Gasteiger charge is -2.23. The van der Waals surface area contributed by atoms with E-state index in [0.29, 0.717) is 16.1 Å². The molecular weight excluding hydrogens is 298 g/mol. The minimum Gasteiger partial charge on any atom is -0.506 e. The molecule has 0 saturated carbocycles. The van der Waals surface area contributed by atoms with Crippen molar-refractivity contribution < 1.29 is 14.6 Å². The molecule has 0 aromatic heterocycles. The molecular formula is C13H16BrNO3. The second-order valence-corrected chi connectivity index (χ2v) is 5.69. The molecule has 1 saturated heterocycles. The van der Waals surface area contributed by atoms with Crippen molar-refractivity contribution in [1.29, 1.82) is 0 Å². The second kappa shape index (κ2) is 4.97. The molecule has 0 spiro atoms. The summed E-state index contributed by atoms with van der Waals surface area (Å²) in [5, 5.41) is 13.6. The highest BCUT2D eigenvalue weighted by molar-refractivity contribution is 9.10. The first-order valence-corrected chi connectivity index (χ1v) is 7.05. The third-order valence-electron chi connectivity index (χ3n) is 3.58. The van der Waals surface area contributed by atoms with Gasteiger partial charge >= 0.3 is 0 Å². The van der Waals surface area contributed by atoms with E-state index in [2.05, 4.69) is 21.2 Å². The van der Waals surface area contributed by atoms with Gasteiger partial charge in [-0.25, -0.2) is 0 Å². The van der Waals surface area contributed by atoms with E-state index >= 15 is 0 Å². The second-order valence-electron chi connectivity index (χ2n) is 4.84. The van der Waals surface area contributed by atoms with Crippen LogP contribution in [0, 0.1) is 5.92 Å². The van der Waals surface area contributed by atoms with Gasteiger partial charge < -0.3 is 19.9 Å². The third-order valence-corrected chi connectivity index (χ3v) is 4.18. The minimum atomic E-state index is 0.237. The summed E-state index contributed by atoms with van der Waals surface area (Å²) >= 11 is 3.36. The van der Waals surface area contributed by atoms with Crippen molar-refractivity contribution in [2.75, 3.05) is 19.9 Å². The maximum Gasteiger partial charge on any atom is 0.231 e. The Balaban J connectivity index is 1.90. The topological polar surface area (TPSA) is 50.7 Å². The number of aromatic hydroxyl groups is 1. The van der Waals surface area contributed by atoms with Crippen LogP contribution in [0.1, 0.15) is 18.4 Å². The van der Waals surface area contributed by atoms with E-state index in [-0.39, 0.29) is 12.5 Å². The highest BCUT2D eigenvalue weighted by Gasteiger charge is 2.26. The van der Waals surface area contributed by atoms with Gasteiger partial charge in [-0.1, -0.05) is 0 Å². The fourth-order valence-electron chi connectivity index (χ4n) is 2.64. The molecule has 2 N–H and O–H groups in total. The summed E-state index contributed by atoms with van der Waals surface area (Å²) in [7, 11) is 0. The Morgan fingerprint density at radius 2 is 2.33 bits per heavy atom. The summed E-state index contributed by atoms with van der Waals surface area (Å²) in [6.45, 7) is 2.33. The molecule has 2 heterocycles. The highest BCUT2D eigenvalue weighted by atomic mass is 79.9. The van der Waals surface area contributed by atoms with Crippen LogP contribution in [0.2, 0.25) is 0 Å². The van der Waals surface area contributed by atoms with Crippen LogP contribution in [0.5, 0.6) is 17.2 Å². The minimum absolute atomic E-state index is 0.237. The Bertz CT molecular complexity index is 458. The fourth-order valence-corrected chi connectivity index (χ4v) is 3.09. The van der Waals surface area contributed by atoms with Gasteiger partial charge in [-0.2, -0.15) is 0 Å². The summed E-state index contributed by atoms with van der Waals surface area (Å²) in [5.74, 6) is 2.26. The van der Waals surface area contributed by atoms with E-state index in [9.17, 15) is 5.11 Å². The van der Waals surface area contributed by atoms with Crippen molar-refractivity contribution >= 4 is 15.9 Å². The van der Waals surface area contributed by atoms with Gasteiger partial charge in [0, 0.05) is 11.6 Å². The van der Waals surface area contributed by atoms with Crippen molar-refractivity contribution in [2.24, 2.45) is 5.92 Å². The van der Waals surface area contributed by atoms with Crippen molar-refractivity contribution in [3.8, 4) is 17.2 Å². The van der Waals surface area contributed by atoms with E-state index in [1.165, 1.54) is 12.8 Å². The van der Waals surface area contributed by atoms with Gasteiger partial charge in [0.25, 0.3) is 0 Å². The van der Waals surface area contributed by atoms with Gasteiger partial charge in [-0.05, 0) is 54.2 Å². The van der Waals surface area contributed by atoms with Crippen LogP contribution < -0.4 is 14.8 Å². The van der Waals surface area contributed by atoms with Gasteiger partial charge in [0.2, 0.25) is 6.79 Å². The maximum atomic E-state index is 10.2. The Labute approximate surface area is 114 Å². The lowest BCUT2D eigenvalue weighted by atomic mass is 9.91. The van der Waals surface area contributed by atoms with Crippen LogP contribution in [0.15, 0.2) is 10.5 Å². The zero-order valence-electron chi connectivity index (χ0n) is 10.0. The molecule has 0 radical (unpaired) electrons. The van der Waals surface area contributed by atoms with Crippen molar-refractivity contribution in [1.82, 2.24) is 5.32 Å². The van der Waals surface area contributed by atoms with Crippen LogP contribution in [-0.4, -0.2) is 25.0 Å². The number of hydrogen-bond acceptors (Lipinski definition) is 4. The first kappa shape index (κ1) is 12.1. The normalized spacial score (nSPS) is 22.2. The molecule has 1 aromatic carbocycles. The number of phenolic OH excluding ortho intramolecular Hbond substituents is 1. The quantitative estimate of drug-likeness (QED) is 0.880. The average molecular weight is 314 g/mol. The predicted octanol–water partition coefficient (Wildman–Crippen LogP) is 2.43. The van der Waals surface area contributed by atoms with E-state index in [1.807, 2.05) is 0 Å². The van der Waals surface area contributed by atoms with Crippen LogP contribution in [0.3, 0.4) is 0 Å². The standard InChI is InChI=1S/C13H16BrNO3/c14-10-5-11-13(18-7-17-11)9(12(10)16)4-8-2-1-3-15-6-8/h5,8,15-16H,1-4,6-7H2. The highest BCUT2D eigenvalue weighted by Crippen LogP contribution is 2.46. The lowest BCUT2D eigenvalue weighted by Crippen LogP contribution is -2.30. The smallest absolute Gasteiger partial charge is 0.231 e. The monoisotopic (exact) mass is 313 g/mol. The van der Waals surface area contributed by atoms with Gasteiger partial charge in [-0.15, -0.1) is 0 Å². The summed E-state index contributed by atoms with van der Waals surface area (Å²) in [4.78, 5) is 0. The summed E-state index contributed by atoms with van der Waals surface area (Å²) in [6, 6.07) is 1.76. The summed E-state index contributed by atoms with van der Waals surface area (Å²) < 4.78 is 11.5. The number of ether oxygens (including phenoxy) is 2. The molecule has 0 amide bonds. The summed E-state index contributed by atoms with van der Waals surface area (Å²) in [6.07, 6.45) is 3.21. The molecule has 3 rings (SSSR count). The Hall–Kier alpha value is -0.940. The van der Waals surface area contributed by atoms with Crippen LogP contribution in [-0.2, 0) is 6.42 Å². The first-order chi connectivity index (χ1) is 8.75. The zero-order chi connectivity index (χ0) is 12.5. The van der Waals surface area contributed by atoms with Gasteiger partial charge in [0.15, 0.2) is 11.5 Å². The van der Waals surface area contributed by atoms with Crippen LogP contribution >= 0.6 is 15.9 Å². The van der Waals surface area contributed by atoms with Gasteiger partial charge in [0.1, 0.15) is 5.75 Å². The number of halogens is 1. The summed E-state index contributed by atoms with van der Waals surface area (Å²) in [5.41, 5.74) is 0.866. The van der Waals surface area contributed by atoms with Crippen LogP contribution in [0.25, 0.3) is 0 Å². The zero-order valence-corrected chi connectivity index (χ0v) is 11.6. The Kier molecular flexibility index (Phi) is 3.35. The maximum absolute atomic E-state index is 10.2. The molecule has 0 aliphatic carbocycles. The Morgan fingerprint density at radius 1 is 1.44 bits per heavy atom. The SMILES string of the molecule is Oc1c(Br)cc2c(c1CC1CCCNC1)OCO2. The molecule has 18 heavy (non-hydrogen) atoms. The molecule has 4 nitrogen and oxygen atoms in total. The molecule has 5 heteroatoms. The Morgan fingerprint density at radius 3 is 3.11 bits per heavy atom. The van der Waals surface area contributed by atoms with E-state index < -0.39 is 0 Å². The van der Waals surface area contributed by atoms with Crippen molar-refractivity contribution in [3.05, 3.63) is 16.1 Å². The number of phenols is 1. The van der Waals surface area contributed by atoms with Crippen molar-refractivity contribution in [2.45, 2.75) is 19.3 Å². The van der Waals surface area contributed by atoms with Gasteiger partial charge in [-0.3, -0.25) is 0 Å². The number of piperidine rings is 1. The number of hydrogen-bond donors (Lipinski definition) is 2. The third kappa shape index (κ3) is 2.17. The largest absolute Gasteiger partial charge is 0.506 e. The fraction of sp³-hybridized carbons (Fsp3) is 0.538. The number of rotatable bonds is 2. The van der Waals surface area contributed by atoms with E-state index in [1.54, 1.807) is 6.07 Å². The lowest BCUT2D eigenvalue weighted by molar-refractivity contribution is 0.172. The van der Waals surface area contributed by atoms with E-state index in [0.717, 1.165) is 30.8 Å². The molecule has 1 atom stereocenters. The molecule has 98 valence electrons. The number of benzene rings is 1. The van der Waals surface area contributed by atoms with Gasteiger partial charge in [0.05, 0.1) is 4.47 Å². The predicted molar refractivity (Wildman–Crippen MR) is 71.2 cm³/mol. The number of fused-ring (bicyclic) bond motifs is 1. The van der Waals surface area contributed by atoms with E-state index in [4.69, 9.17) is 9.47 Å². The van der Waals surface area contributed by atoms with Crippen LogP contribution in [0.4, 0.5) is 0 Å². The molecule has 2 aliphatic rings. The number of nitrogens with one attached hydrogen (secondary N) is 1. The van der Waals surface area contributed by atoms with Crippen molar-refractivity contribution in [3.63, 3.8) is 0 Å². The molecule has 1 unspecified atom stereocenters. The molecule has 0 bridgehead atoms. The molecule has 2 aliphatic heterocycles. The molecule has 1 aromatic rings. The first-order valence-electron chi connectivity index (χ1n) is 6.26.